The second-order valence-corrected chi connectivity index (χ2v) is 5.95. The Hall–Kier alpha value is -1.90. The Bertz CT molecular complexity index is 586. The van der Waals surface area contributed by atoms with Crippen LogP contribution in [0.25, 0.3) is 11.3 Å². The topological polar surface area (TPSA) is 37.8 Å². The number of benzene rings is 1. The summed E-state index contributed by atoms with van der Waals surface area (Å²) in [7, 11) is 0. The standard InChI is InChI=1S/C18H25N3/c1-6-19-18-16(13(4)5)17(20-11-21-18)15-9-7-14(8-10-15)12(2)3/h7-13H,6H2,1-5H3,(H,19,20,21). The van der Waals surface area contributed by atoms with E-state index in [0.29, 0.717) is 11.8 Å². The minimum absolute atomic E-state index is 0.375. The maximum Gasteiger partial charge on any atom is 0.133 e. The molecule has 0 aliphatic rings. The maximum absolute atomic E-state index is 4.54. The largest absolute Gasteiger partial charge is 0.370 e. The summed E-state index contributed by atoms with van der Waals surface area (Å²) in [4.78, 5) is 8.94. The van der Waals surface area contributed by atoms with Gasteiger partial charge in [0.15, 0.2) is 0 Å². The van der Waals surface area contributed by atoms with Crippen LogP contribution in [0.1, 0.15) is 57.6 Å². The zero-order valence-corrected chi connectivity index (χ0v) is 13.6. The van der Waals surface area contributed by atoms with Gasteiger partial charge in [-0.05, 0) is 24.3 Å². The van der Waals surface area contributed by atoms with Gasteiger partial charge in [-0.3, -0.25) is 0 Å². The highest BCUT2D eigenvalue weighted by molar-refractivity contribution is 5.69. The fourth-order valence-corrected chi connectivity index (χ4v) is 2.51. The number of nitrogens with one attached hydrogen (secondary N) is 1. The number of hydrogen-bond acceptors (Lipinski definition) is 3. The second kappa shape index (κ2) is 6.70. The Labute approximate surface area is 127 Å². The van der Waals surface area contributed by atoms with Gasteiger partial charge in [0.05, 0.1) is 5.69 Å². The normalized spacial score (nSPS) is 11.2. The van der Waals surface area contributed by atoms with Crippen LogP contribution >= 0.6 is 0 Å². The van der Waals surface area contributed by atoms with Crippen LogP contribution in [0.3, 0.4) is 0 Å². The second-order valence-electron chi connectivity index (χ2n) is 5.95. The van der Waals surface area contributed by atoms with Gasteiger partial charge < -0.3 is 5.32 Å². The minimum Gasteiger partial charge on any atom is -0.370 e. The summed E-state index contributed by atoms with van der Waals surface area (Å²) in [5.74, 6) is 1.87. The summed E-state index contributed by atoms with van der Waals surface area (Å²) in [6.45, 7) is 11.7. The van der Waals surface area contributed by atoms with Gasteiger partial charge >= 0.3 is 0 Å². The Morgan fingerprint density at radius 1 is 0.952 bits per heavy atom. The van der Waals surface area contributed by atoms with Crippen LogP contribution in [0.2, 0.25) is 0 Å². The van der Waals surface area contributed by atoms with Gasteiger partial charge in [-0.1, -0.05) is 52.0 Å². The molecule has 0 amide bonds. The lowest BCUT2D eigenvalue weighted by Gasteiger charge is -2.17. The predicted molar refractivity (Wildman–Crippen MR) is 89.8 cm³/mol. The molecule has 0 saturated carbocycles. The first-order chi connectivity index (χ1) is 10.0. The molecule has 1 N–H and O–H groups in total. The highest BCUT2D eigenvalue weighted by atomic mass is 15.0. The van der Waals surface area contributed by atoms with E-state index in [2.05, 4.69) is 74.2 Å². The van der Waals surface area contributed by atoms with Gasteiger partial charge in [0.1, 0.15) is 12.1 Å². The van der Waals surface area contributed by atoms with Crippen LogP contribution in [0.15, 0.2) is 30.6 Å². The molecule has 1 aromatic heterocycles. The van der Waals surface area contributed by atoms with E-state index in [-0.39, 0.29) is 0 Å². The molecule has 2 aromatic rings. The molecule has 0 atom stereocenters. The Morgan fingerprint density at radius 3 is 2.14 bits per heavy atom. The van der Waals surface area contributed by atoms with Crippen LogP contribution in [-0.4, -0.2) is 16.5 Å². The molecule has 2 rings (SSSR count). The first kappa shape index (κ1) is 15.5. The monoisotopic (exact) mass is 283 g/mol. The predicted octanol–water partition coefficient (Wildman–Crippen LogP) is 4.82. The summed E-state index contributed by atoms with van der Waals surface area (Å²) in [6.07, 6.45) is 1.65. The fraction of sp³-hybridized carbons (Fsp3) is 0.444. The zero-order valence-electron chi connectivity index (χ0n) is 13.6. The van der Waals surface area contributed by atoms with Crippen LogP contribution in [-0.2, 0) is 0 Å². The number of anilines is 1. The van der Waals surface area contributed by atoms with Crippen molar-refractivity contribution < 1.29 is 0 Å². The molecule has 0 aliphatic carbocycles. The zero-order chi connectivity index (χ0) is 15.4. The van der Waals surface area contributed by atoms with Gasteiger partial charge in [0, 0.05) is 17.7 Å². The first-order valence-corrected chi connectivity index (χ1v) is 7.73. The molecule has 0 aliphatic heterocycles. The number of hydrogen-bond donors (Lipinski definition) is 1. The lowest BCUT2D eigenvalue weighted by molar-refractivity contribution is 0.848. The van der Waals surface area contributed by atoms with Crippen LogP contribution in [0.5, 0.6) is 0 Å². The van der Waals surface area contributed by atoms with Crippen molar-refractivity contribution in [2.24, 2.45) is 0 Å². The first-order valence-electron chi connectivity index (χ1n) is 7.73. The Kier molecular flexibility index (Phi) is 4.94. The van der Waals surface area contributed by atoms with Crippen molar-refractivity contribution in [3.8, 4) is 11.3 Å². The van der Waals surface area contributed by atoms with Gasteiger partial charge in [0.25, 0.3) is 0 Å². The Morgan fingerprint density at radius 2 is 1.62 bits per heavy atom. The quantitative estimate of drug-likeness (QED) is 0.854. The average Bonchev–Trinajstić information content (AvgIpc) is 2.47. The summed E-state index contributed by atoms with van der Waals surface area (Å²) < 4.78 is 0. The molecule has 21 heavy (non-hydrogen) atoms. The van der Waals surface area contributed by atoms with Crippen molar-refractivity contribution in [1.82, 2.24) is 9.97 Å². The van der Waals surface area contributed by atoms with E-state index >= 15 is 0 Å². The number of nitrogens with zero attached hydrogens (tertiary/aromatic N) is 2. The molecule has 0 radical (unpaired) electrons. The molecular formula is C18H25N3. The van der Waals surface area contributed by atoms with E-state index in [4.69, 9.17) is 0 Å². The maximum atomic E-state index is 4.54. The number of aromatic nitrogens is 2. The SMILES string of the molecule is CCNc1ncnc(-c2ccc(C(C)C)cc2)c1C(C)C. The summed E-state index contributed by atoms with van der Waals surface area (Å²) >= 11 is 0. The lowest BCUT2D eigenvalue weighted by atomic mass is 9.95. The van der Waals surface area contributed by atoms with Crippen molar-refractivity contribution in [2.45, 2.75) is 46.5 Å². The minimum atomic E-state index is 0.375. The van der Waals surface area contributed by atoms with Crippen molar-refractivity contribution in [3.63, 3.8) is 0 Å². The van der Waals surface area contributed by atoms with Gasteiger partial charge in [-0.2, -0.15) is 0 Å². The average molecular weight is 283 g/mol. The molecule has 0 bridgehead atoms. The molecule has 0 unspecified atom stereocenters. The molecule has 1 aromatic carbocycles. The van der Waals surface area contributed by atoms with Gasteiger partial charge in [0.2, 0.25) is 0 Å². The van der Waals surface area contributed by atoms with Crippen molar-refractivity contribution in [1.29, 1.82) is 0 Å². The third-order valence-corrected chi connectivity index (χ3v) is 3.66. The Balaban J connectivity index is 2.49. The molecule has 3 nitrogen and oxygen atoms in total. The van der Waals surface area contributed by atoms with E-state index < -0.39 is 0 Å². The third-order valence-electron chi connectivity index (χ3n) is 3.66. The van der Waals surface area contributed by atoms with E-state index in [1.54, 1.807) is 6.33 Å². The smallest absolute Gasteiger partial charge is 0.133 e. The van der Waals surface area contributed by atoms with Crippen molar-refractivity contribution >= 4 is 5.82 Å². The fourth-order valence-electron chi connectivity index (χ4n) is 2.51. The molecule has 0 fully saturated rings. The molecular weight excluding hydrogens is 258 g/mol. The molecule has 112 valence electrons. The van der Waals surface area contributed by atoms with Gasteiger partial charge in [-0.25, -0.2) is 9.97 Å². The highest BCUT2D eigenvalue weighted by Gasteiger charge is 2.16. The van der Waals surface area contributed by atoms with Gasteiger partial charge in [-0.15, -0.1) is 0 Å². The summed E-state index contributed by atoms with van der Waals surface area (Å²) in [5, 5.41) is 3.35. The molecule has 0 saturated heterocycles. The van der Waals surface area contributed by atoms with Crippen LogP contribution < -0.4 is 5.32 Å². The lowest BCUT2D eigenvalue weighted by Crippen LogP contribution is -2.07. The van der Waals surface area contributed by atoms with Crippen molar-refractivity contribution in [2.75, 3.05) is 11.9 Å². The van der Waals surface area contributed by atoms with Crippen LogP contribution in [0, 0.1) is 0 Å². The molecule has 1 heterocycles. The van der Waals surface area contributed by atoms with Crippen molar-refractivity contribution in [3.05, 3.63) is 41.7 Å². The third kappa shape index (κ3) is 3.41. The van der Waals surface area contributed by atoms with Crippen LogP contribution in [0.4, 0.5) is 5.82 Å². The molecule has 3 heteroatoms. The highest BCUT2D eigenvalue weighted by Crippen LogP contribution is 2.32. The number of rotatable bonds is 5. The van der Waals surface area contributed by atoms with E-state index in [1.807, 2.05) is 0 Å². The molecule has 0 spiro atoms. The summed E-state index contributed by atoms with van der Waals surface area (Å²) in [6, 6.07) is 8.72. The van der Waals surface area contributed by atoms with E-state index in [0.717, 1.165) is 23.6 Å². The summed E-state index contributed by atoms with van der Waals surface area (Å²) in [5.41, 5.74) is 4.73. The van der Waals surface area contributed by atoms with E-state index in [1.165, 1.54) is 11.1 Å². The van der Waals surface area contributed by atoms with E-state index in [9.17, 15) is 0 Å².